The van der Waals surface area contributed by atoms with Gasteiger partial charge in [-0.15, -0.1) is 0 Å². The first kappa shape index (κ1) is 16.7. The Kier molecular flexibility index (Phi) is 4.20. The van der Waals surface area contributed by atoms with Gasteiger partial charge in [0.05, 0.1) is 12.1 Å². The first-order valence-corrected chi connectivity index (χ1v) is 8.77. The van der Waals surface area contributed by atoms with Crippen LogP contribution in [0, 0.1) is 18.7 Å². The van der Waals surface area contributed by atoms with Gasteiger partial charge in [0.15, 0.2) is 0 Å². The summed E-state index contributed by atoms with van der Waals surface area (Å²) in [6.45, 7) is 3.02. The molecule has 3 heterocycles. The highest BCUT2D eigenvalue weighted by Crippen LogP contribution is 2.30. The second-order valence-corrected chi connectivity index (χ2v) is 6.91. The van der Waals surface area contributed by atoms with E-state index >= 15 is 0 Å². The largest absolute Gasteiger partial charge is 0.330 e. The molecule has 3 aromatic rings. The highest BCUT2D eigenvalue weighted by Gasteiger charge is 2.28. The summed E-state index contributed by atoms with van der Waals surface area (Å²) in [4.78, 5) is 19.3. The molecule has 0 bridgehead atoms. The minimum absolute atomic E-state index is 0.0444. The van der Waals surface area contributed by atoms with Gasteiger partial charge in [0.1, 0.15) is 11.5 Å². The SMILES string of the molecule is Cc1cccn2cc(CC(=O)N3CC(CN)Cc4cc(F)ccc43)nc12. The Hall–Kier alpha value is -2.73. The van der Waals surface area contributed by atoms with E-state index in [2.05, 4.69) is 4.98 Å². The second kappa shape index (κ2) is 6.53. The lowest BCUT2D eigenvalue weighted by Gasteiger charge is -2.34. The van der Waals surface area contributed by atoms with Crippen LogP contribution in [-0.4, -0.2) is 28.4 Å². The lowest BCUT2D eigenvalue weighted by molar-refractivity contribution is -0.118. The van der Waals surface area contributed by atoms with E-state index in [-0.39, 0.29) is 24.1 Å². The van der Waals surface area contributed by atoms with Crippen molar-refractivity contribution in [3.63, 3.8) is 0 Å². The van der Waals surface area contributed by atoms with Crippen LogP contribution in [0.2, 0.25) is 0 Å². The second-order valence-electron chi connectivity index (χ2n) is 6.91. The fraction of sp³-hybridized carbons (Fsp3) is 0.300. The summed E-state index contributed by atoms with van der Waals surface area (Å²) in [6.07, 6.45) is 4.71. The highest BCUT2D eigenvalue weighted by molar-refractivity contribution is 5.95. The number of fused-ring (bicyclic) bond motifs is 2. The van der Waals surface area contributed by atoms with Crippen LogP contribution < -0.4 is 10.6 Å². The number of aryl methyl sites for hydroxylation is 1. The summed E-state index contributed by atoms with van der Waals surface area (Å²) < 4.78 is 15.5. The molecule has 1 amide bonds. The molecule has 0 saturated heterocycles. The van der Waals surface area contributed by atoms with E-state index in [1.165, 1.54) is 12.1 Å². The third-order valence-corrected chi connectivity index (χ3v) is 4.98. The summed E-state index contributed by atoms with van der Waals surface area (Å²) in [6, 6.07) is 8.54. The van der Waals surface area contributed by atoms with Gasteiger partial charge in [-0.3, -0.25) is 4.79 Å². The van der Waals surface area contributed by atoms with Crippen molar-refractivity contribution in [2.45, 2.75) is 19.8 Å². The molecule has 1 atom stereocenters. The van der Waals surface area contributed by atoms with Crippen molar-refractivity contribution in [3.8, 4) is 0 Å². The Morgan fingerprint density at radius 3 is 3.00 bits per heavy atom. The molecule has 4 rings (SSSR count). The average molecular weight is 352 g/mol. The smallest absolute Gasteiger partial charge is 0.233 e. The first-order valence-electron chi connectivity index (χ1n) is 8.77. The number of hydrogen-bond donors (Lipinski definition) is 1. The molecule has 0 saturated carbocycles. The molecule has 2 aromatic heterocycles. The molecule has 6 heteroatoms. The topological polar surface area (TPSA) is 63.6 Å². The van der Waals surface area contributed by atoms with Crippen LogP contribution in [0.15, 0.2) is 42.7 Å². The van der Waals surface area contributed by atoms with Gasteiger partial charge in [0.2, 0.25) is 5.91 Å². The summed E-state index contributed by atoms with van der Waals surface area (Å²) in [5, 5.41) is 0. The molecule has 1 aliphatic rings. The van der Waals surface area contributed by atoms with Gasteiger partial charge in [-0.2, -0.15) is 0 Å². The maximum absolute atomic E-state index is 13.6. The molecule has 1 unspecified atom stereocenters. The Labute approximate surface area is 151 Å². The van der Waals surface area contributed by atoms with E-state index < -0.39 is 0 Å². The van der Waals surface area contributed by atoms with Crippen molar-refractivity contribution in [3.05, 3.63) is 65.4 Å². The van der Waals surface area contributed by atoms with Gasteiger partial charge in [0.25, 0.3) is 0 Å². The standard InChI is InChI=1S/C20H21FN4O/c1-13-3-2-6-24-12-17(23-20(13)24)9-19(26)25-11-14(10-22)7-15-8-16(21)4-5-18(15)25/h2-6,8,12,14H,7,9-11,22H2,1H3. The quantitative estimate of drug-likeness (QED) is 0.788. The number of nitrogens with two attached hydrogens (primary N) is 1. The van der Waals surface area contributed by atoms with Crippen LogP contribution in [0.4, 0.5) is 10.1 Å². The van der Waals surface area contributed by atoms with Crippen molar-refractivity contribution in [2.24, 2.45) is 11.7 Å². The molecular formula is C20H21FN4O. The molecular weight excluding hydrogens is 331 g/mol. The Morgan fingerprint density at radius 1 is 1.38 bits per heavy atom. The van der Waals surface area contributed by atoms with E-state index in [4.69, 9.17) is 5.73 Å². The molecule has 0 spiro atoms. The van der Waals surface area contributed by atoms with Crippen LogP contribution in [0.25, 0.3) is 5.65 Å². The van der Waals surface area contributed by atoms with Crippen LogP contribution in [0.3, 0.4) is 0 Å². The minimum atomic E-state index is -0.287. The molecule has 1 aromatic carbocycles. The third-order valence-electron chi connectivity index (χ3n) is 4.98. The number of anilines is 1. The number of pyridine rings is 1. The molecule has 2 N–H and O–H groups in total. The predicted molar refractivity (Wildman–Crippen MR) is 98.6 cm³/mol. The fourth-order valence-electron chi connectivity index (χ4n) is 3.65. The Morgan fingerprint density at radius 2 is 2.23 bits per heavy atom. The first-order chi connectivity index (χ1) is 12.5. The summed E-state index contributed by atoms with van der Waals surface area (Å²) in [5.74, 6) is -0.196. The number of benzene rings is 1. The molecule has 5 nitrogen and oxygen atoms in total. The number of hydrogen-bond acceptors (Lipinski definition) is 3. The van der Waals surface area contributed by atoms with Crippen molar-refractivity contribution < 1.29 is 9.18 Å². The number of rotatable bonds is 3. The summed E-state index contributed by atoms with van der Waals surface area (Å²) in [7, 11) is 0. The number of carbonyl (C=O) groups is 1. The fourth-order valence-corrected chi connectivity index (χ4v) is 3.65. The van der Waals surface area contributed by atoms with Crippen LogP contribution >= 0.6 is 0 Å². The number of halogens is 1. The average Bonchev–Trinajstić information content (AvgIpc) is 3.04. The lowest BCUT2D eigenvalue weighted by atomic mass is 9.92. The third kappa shape index (κ3) is 2.97. The van der Waals surface area contributed by atoms with E-state index in [0.717, 1.165) is 28.2 Å². The van der Waals surface area contributed by atoms with Crippen molar-refractivity contribution in [2.75, 3.05) is 18.0 Å². The lowest BCUT2D eigenvalue weighted by Crippen LogP contribution is -2.43. The molecule has 0 aliphatic carbocycles. The van der Waals surface area contributed by atoms with Crippen molar-refractivity contribution in [1.29, 1.82) is 0 Å². The molecule has 26 heavy (non-hydrogen) atoms. The highest BCUT2D eigenvalue weighted by atomic mass is 19.1. The van der Waals surface area contributed by atoms with Gasteiger partial charge < -0.3 is 15.0 Å². The van der Waals surface area contributed by atoms with Gasteiger partial charge >= 0.3 is 0 Å². The van der Waals surface area contributed by atoms with Crippen LogP contribution in [0.5, 0.6) is 0 Å². The number of aromatic nitrogens is 2. The normalized spacial score (nSPS) is 16.7. The number of nitrogens with zero attached hydrogens (tertiary/aromatic N) is 3. The van der Waals surface area contributed by atoms with E-state index in [1.54, 1.807) is 11.0 Å². The maximum atomic E-state index is 13.6. The molecule has 134 valence electrons. The van der Waals surface area contributed by atoms with Gasteiger partial charge in [-0.25, -0.2) is 9.37 Å². The minimum Gasteiger partial charge on any atom is -0.330 e. The summed E-state index contributed by atoms with van der Waals surface area (Å²) >= 11 is 0. The Balaban J connectivity index is 1.63. The molecule has 1 aliphatic heterocycles. The monoisotopic (exact) mass is 352 g/mol. The molecule has 0 radical (unpaired) electrons. The Bertz CT molecular complexity index is 981. The molecule has 0 fully saturated rings. The predicted octanol–water partition coefficient (Wildman–Crippen LogP) is 2.49. The number of carbonyl (C=O) groups excluding carboxylic acids is 1. The summed E-state index contributed by atoms with van der Waals surface area (Å²) in [5.41, 5.74) is 10.1. The van der Waals surface area contributed by atoms with Crippen molar-refractivity contribution in [1.82, 2.24) is 9.38 Å². The zero-order chi connectivity index (χ0) is 18.3. The zero-order valence-electron chi connectivity index (χ0n) is 14.7. The zero-order valence-corrected chi connectivity index (χ0v) is 14.7. The van der Waals surface area contributed by atoms with E-state index in [1.807, 2.05) is 35.9 Å². The number of imidazole rings is 1. The van der Waals surface area contributed by atoms with Crippen molar-refractivity contribution >= 4 is 17.2 Å². The van der Waals surface area contributed by atoms with Gasteiger partial charge in [0, 0.05) is 24.6 Å². The van der Waals surface area contributed by atoms with Crippen LogP contribution in [0.1, 0.15) is 16.8 Å². The van der Waals surface area contributed by atoms with E-state index in [0.29, 0.717) is 19.5 Å². The maximum Gasteiger partial charge on any atom is 0.233 e. The number of amides is 1. The van der Waals surface area contributed by atoms with Gasteiger partial charge in [-0.1, -0.05) is 6.07 Å². The van der Waals surface area contributed by atoms with Crippen LogP contribution in [-0.2, 0) is 17.6 Å². The van der Waals surface area contributed by atoms with E-state index in [9.17, 15) is 9.18 Å². The van der Waals surface area contributed by atoms with Gasteiger partial charge in [-0.05, 0) is 61.2 Å².